The van der Waals surface area contributed by atoms with E-state index >= 15 is 0 Å². The first-order valence-corrected chi connectivity index (χ1v) is 4.35. The summed E-state index contributed by atoms with van der Waals surface area (Å²) in [5, 5.41) is 0. The van der Waals surface area contributed by atoms with Gasteiger partial charge in [-0.1, -0.05) is 13.8 Å². The number of H-pyrrole nitrogens is 1. The van der Waals surface area contributed by atoms with Gasteiger partial charge in [0.1, 0.15) is 17.7 Å². The summed E-state index contributed by atoms with van der Waals surface area (Å²) in [6, 6.07) is 0. The van der Waals surface area contributed by atoms with Crippen LogP contribution in [0.1, 0.15) is 31.3 Å². The molecule has 0 aliphatic heterocycles. The van der Waals surface area contributed by atoms with Gasteiger partial charge >= 0.3 is 0 Å². The largest absolute Gasteiger partial charge is 0.326 e. The number of aryl methyl sites for hydroxylation is 1. The third kappa shape index (κ3) is 1.28. The van der Waals surface area contributed by atoms with Crippen LogP contribution in [0, 0.1) is 6.92 Å². The molecule has 0 radical (unpaired) electrons. The summed E-state index contributed by atoms with van der Waals surface area (Å²) in [7, 11) is 0. The zero-order valence-electron chi connectivity index (χ0n) is 8.00. The van der Waals surface area contributed by atoms with Crippen LogP contribution in [0.15, 0.2) is 6.33 Å². The van der Waals surface area contributed by atoms with Crippen molar-refractivity contribution in [2.75, 3.05) is 0 Å². The third-order valence-corrected chi connectivity index (χ3v) is 2.03. The highest BCUT2D eigenvalue weighted by Gasteiger charge is 2.08. The molecule has 0 aliphatic carbocycles. The fourth-order valence-corrected chi connectivity index (χ4v) is 1.24. The van der Waals surface area contributed by atoms with Gasteiger partial charge in [0.2, 0.25) is 0 Å². The highest BCUT2D eigenvalue weighted by molar-refractivity contribution is 5.72. The predicted molar refractivity (Wildman–Crippen MR) is 50.5 cm³/mol. The SMILES string of the molecule is Cc1ncnc2[nH]c(C(C)C)nc12. The lowest BCUT2D eigenvalue weighted by Gasteiger charge is -1.95. The standard InChI is InChI=1S/C9H12N4/c1-5(2)8-12-7-6(3)10-4-11-9(7)13-8/h4-5H,1-3H3,(H,10,11,12,13). The Morgan fingerprint density at radius 1 is 1.31 bits per heavy atom. The molecule has 2 aromatic rings. The third-order valence-electron chi connectivity index (χ3n) is 2.03. The molecule has 0 aliphatic rings. The molecular formula is C9H12N4. The quantitative estimate of drug-likeness (QED) is 0.720. The second-order valence-corrected chi connectivity index (χ2v) is 3.43. The molecule has 0 amide bonds. The van der Waals surface area contributed by atoms with E-state index in [1.54, 1.807) is 6.33 Å². The van der Waals surface area contributed by atoms with Crippen molar-refractivity contribution in [1.82, 2.24) is 19.9 Å². The fraction of sp³-hybridized carbons (Fsp3) is 0.444. The van der Waals surface area contributed by atoms with Crippen LogP contribution in [0.2, 0.25) is 0 Å². The smallest absolute Gasteiger partial charge is 0.161 e. The van der Waals surface area contributed by atoms with E-state index in [9.17, 15) is 0 Å². The number of hydrogen-bond acceptors (Lipinski definition) is 3. The molecular weight excluding hydrogens is 164 g/mol. The molecule has 2 heterocycles. The fourth-order valence-electron chi connectivity index (χ4n) is 1.24. The van der Waals surface area contributed by atoms with Crippen molar-refractivity contribution < 1.29 is 0 Å². The highest BCUT2D eigenvalue weighted by Crippen LogP contribution is 2.16. The maximum Gasteiger partial charge on any atom is 0.161 e. The number of imidazole rings is 1. The molecule has 4 nitrogen and oxygen atoms in total. The summed E-state index contributed by atoms with van der Waals surface area (Å²) in [6.07, 6.45) is 1.56. The molecule has 0 bridgehead atoms. The molecule has 0 atom stereocenters. The van der Waals surface area contributed by atoms with Gasteiger partial charge in [-0.2, -0.15) is 0 Å². The number of nitrogens with zero attached hydrogens (tertiary/aromatic N) is 3. The van der Waals surface area contributed by atoms with Crippen LogP contribution in [0.3, 0.4) is 0 Å². The van der Waals surface area contributed by atoms with Crippen molar-refractivity contribution in [2.45, 2.75) is 26.7 Å². The number of aromatic nitrogens is 4. The summed E-state index contributed by atoms with van der Waals surface area (Å²) in [4.78, 5) is 15.8. The first-order chi connectivity index (χ1) is 6.18. The van der Waals surface area contributed by atoms with E-state index in [0.717, 1.165) is 22.7 Å². The van der Waals surface area contributed by atoms with Crippen molar-refractivity contribution in [1.29, 1.82) is 0 Å². The number of rotatable bonds is 1. The first-order valence-electron chi connectivity index (χ1n) is 4.35. The van der Waals surface area contributed by atoms with Crippen molar-refractivity contribution in [2.24, 2.45) is 0 Å². The highest BCUT2D eigenvalue weighted by atomic mass is 15.0. The summed E-state index contributed by atoms with van der Waals surface area (Å²) in [5.41, 5.74) is 2.63. The average Bonchev–Trinajstić information content (AvgIpc) is 2.49. The van der Waals surface area contributed by atoms with Crippen LogP contribution in [0.4, 0.5) is 0 Å². The van der Waals surface area contributed by atoms with Gasteiger partial charge in [0.05, 0.1) is 5.69 Å². The first kappa shape index (κ1) is 8.16. The van der Waals surface area contributed by atoms with Crippen LogP contribution in [0.5, 0.6) is 0 Å². The van der Waals surface area contributed by atoms with Crippen molar-refractivity contribution >= 4 is 11.2 Å². The Hall–Kier alpha value is -1.45. The van der Waals surface area contributed by atoms with Crippen LogP contribution in [0.25, 0.3) is 11.2 Å². The van der Waals surface area contributed by atoms with Gasteiger partial charge in [-0.3, -0.25) is 0 Å². The Morgan fingerprint density at radius 3 is 2.69 bits per heavy atom. The Balaban J connectivity index is 2.68. The molecule has 0 spiro atoms. The maximum absolute atomic E-state index is 4.43. The van der Waals surface area contributed by atoms with Gasteiger partial charge in [-0.15, -0.1) is 0 Å². The Morgan fingerprint density at radius 2 is 2.08 bits per heavy atom. The number of nitrogens with one attached hydrogen (secondary N) is 1. The minimum atomic E-state index is 0.397. The van der Waals surface area contributed by atoms with E-state index in [2.05, 4.69) is 33.8 Å². The zero-order valence-corrected chi connectivity index (χ0v) is 8.00. The van der Waals surface area contributed by atoms with Gasteiger partial charge in [-0.05, 0) is 6.92 Å². The summed E-state index contributed by atoms with van der Waals surface area (Å²) >= 11 is 0. The molecule has 68 valence electrons. The van der Waals surface area contributed by atoms with Crippen molar-refractivity contribution in [3.63, 3.8) is 0 Å². The van der Waals surface area contributed by atoms with Crippen LogP contribution < -0.4 is 0 Å². The molecule has 2 rings (SSSR count). The Bertz CT molecular complexity index is 430. The van der Waals surface area contributed by atoms with Gasteiger partial charge in [-0.25, -0.2) is 15.0 Å². The van der Waals surface area contributed by atoms with E-state index in [1.807, 2.05) is 6.92 Å². The zero-order chi connectivity index (χ0) is 9.42. The Kier molecular flexibility index (Phi) is 1.76. The molecule has 0 unspecified atom stereocenters. The summed E-state index contributed by atoms with van der Waals surface area (Å²) < 4.78 is 0. The van der Waals surface area contributed by atoms with Crippen molar-refractivity contribution in [3.05, 3.63) is 17.8 Å². The topological polar surface area (TPSA) is 54.5 Å². The molecule has 0 fully saturated rings. The van der Waals surface area contributed by atoms with E-state index < -0.39 is 0 Å². The van der Waals surface area contributed by atoms with E-state index in [1.165, 1.54) is 0 Å². The molecule has 0 saturated heterocycles. The molecule has 2 aromatic heterocycles. The maximum atomic E-state index is 4.43. The lowest BCUT2D eigenvalue weighted by Crippen LogP contribution is -1.88. The average molecular weight is 176 g/mol. The normalized spacial score (nSPS) is 11.4. The Labute approximate surface area is 76.4 Å². The van der Waals surface area contributed by atoms with E-state index in [4.69, 9.17) is 0 Å². The molecule has 1 N–H and O–H groups in total. The van der Waals surface area contributed by atoms with Crippen LogP contribution in [-0.4, -0.2) is 19.9 Å². The molecule has 4 heteroatoms. The summed E-state index contributed by atoms with van der Waals surface area (Å²) in [6.45, 7) is 6.13. The van der Waals surface area contributed by atoms with Crippen molar-refractivity contribution in [3.8, 4) is 0 Å². The number of aromatic amines is 1. The molecule has 13 heavy (non-hydrogen) atoms. The monoisotopic (exact) mass is 176 g/mol. The summed E-state index contributed by atoms with van der Waals surface area (Å²) in [5.74, 6) is 1.37. The predicted octanol–water partition coefficient (Wildman–Crippen LogP) is 1.78. The van der Waals surface area contributed by atoms with Crippen LogP contribution >= 0.6 is 0 Å². The minimum absolute atomic E-state index is 0.397. The van der Waals surface area contributed by atoms with E-state index in [0.29, 0.717) is 5.92 Å². The number of fused-ring (bicyclic) bond motifs is 1. The lowest BCUT2D eigenvalue weighted by molar-refractivity contribution is 0.798. The van der Waals surface area contributed by atoms with Crippen LogP contribution in [-0.2, 0) is 0 Å². The van der Waals surface area contributed by atoms with Gasteiger partial charge in [0.15, 0.2) is 5.65 Å². The molecule has 0 aromatic carbocycles. The lowest BCUT2D eigenvalue weighted by atomic mass is 10.2. The second kappa shape index (κ2) is 2.80. The number of hydrogen-bond donors (Lipinski definition) is 1. The van der Waals surface area contributed by atoms with Gasteiger partial charge < -0.3 is 4.98 Å². The van der Waals surface area contributed by atoms with E-state index in [-0.39, 0.29) is 0 Å². The van der Waals surface area contributed by atoms with Gasteiger partial charge in [0, 0.05) is 5.92 Å². The van der Waals surface area contributed by atoms with Gasteiger partial charge in [0.25, 0.3) is 0 Å². The minimum Gasteiger partial charge on any atom is -0.326 e. The second-order valence-electron chi connectivity index (χ2n) is 3.43. The molecule has 0 saturated carbocycles.